The van der Waals surface area contributed by atoms with E-state index in [9.17, 15) is 4.79 Å². The lowest BCUT2D eigenvalue weighted by Gasteiger charge is -2.09. The highest BCUT2D eigenvalue weighted by atomic mass is 16.5. The first-order chi connectivity index (χ1) is 11.1. The largest absolute Gasteiger partial charge is 0.493 e. The van der Waals surface area contributed by atoms with Crippen LogP contribution in [0.25, 0.3) is 6.08 Å². The van der Waals surface area contributed by atoms with Crippen LogP contribution in [0.15, 0.2) is 24.3 Å². The zero-order valence-corrected chi connectivity index (χ0v) is 14.4. The lowest BCUT2D eigenvalue weighted by molar-refractivity contribution is -0.116. The zero-order chi connectivity index (χ0) is 17.1. The van der Waals surface area contributed by atoms with Crippen LogP contribution in [0.5, 0.6) is 11.5 Å². The molecule has 128 valence electrons. The smallest absolute Gasteiger partial charge is 0.244 e. The number of nitrogens with one attached hydrogen (secondary N) is 1. The van der Waals surface area contributed by atoms with Crippen molar-refractivity contribution in [1.29, 1.82) is 0 Å². The van der Waals surface area contributed by atoms with Crippen LogP contribution in [-0.2, 0) is 9.53 Å². The number of hydrogen-bond acceptors (Lipinski definition) is 4. The average Bonchev–Trinajstić information content (AvgIpc) is 2.53. The maximum atomic E-state index is 11.7. The monoisotopic (exact) mass is 321 g/mol. The van der Waals surface area contributed by atoms with Crippen molar-refractivity contribution in [1.82, 2.24) is 5.32 Å². The SMILES string of the molecule is CCOc1ccc(/C=C/C(=O)NCCCOC(C)C)cc1OC. The minimum atomic E-state index is -0.123. The number of benzene rings is 1. The number of carbonyl (C=O) groups is 1. The quantitative estimate of drug-likeness (QED) is 0.531. The summed E-state index contributed by atoms with van der Waals surface area (Å²) in [6, 6.07) is 5.56. The molecule has 0 unspecified atom stereocenters. The Morgan fingerprint density at radius 2 is 2.09 bits per heavy atom. The molecule has 1 aromatic rings. The van der Waals surface area contributed by atoms with Crippen LogP contribution in [0.4, 0.5) is 0 Å². The molecule has 1 N–H and O–H groups in total. The zero-order valence-electron chi connectivity index (χ0n) is 14.4. The van der Waals surface area contributed by atoms with Gasteiger partial charge in [0.2, 0.25) is 5.91 Å². The number of amides is 1. The normalized spacial score (nSPS) is 11.0. The molecule has 0 aliphatic carbocycles. The van der Waals surface area contributed by atoms with E-state index in [-0.39, 0.29) is 12.0 Å². The lowest BCUT2D eigenvalue weighted by Crippen LogP contribution is -2.23. The maximum absolute atomic E-state index is 11.7. The molecule has 0 heterocycles. The molecule has 0 aliphatic rings. The van der Waals surface area contributed by atoms with E-state index < -0.39 is 0 Å². The fourth-order valence-corrected chi connectivity index (χ4v) is 1.90. The molecule has 0 spiro atoms. The molecule has 0 fully saturated rings. The second-order valence-corrected chi connectivity index (χ2v) is 5.24. The standard InChI is InChI=1S/C18H27NO4/c1-5-22-16-9-7-15(13-17(16)21-4)8-10-18(20)19-11-6-12-23-14(2)3/h7-10,13-14H,5-6,11-12H2,1-4H3,(H,19,20)/b10-8+. The van der Waals surface area contributed by atoms with Gasteiger partial charge < -0.3 is 19.5 Å². The molecule has 0 bridgehead atoms. The van der Waals surface area contributed by atoms with Crippen molar-refractivity contribution in [2.45, 2.75) is 33.3 Å². The molecule has 0 saturated heterocycles. The summed E-state index contributed by atoms with van der Waals surface area (Å²) in [5.74, 6) is 1.23. The van der Waals surface area contributed by atoms with Gasteiger partial charge in [-0.2, -0.15) is 0 Å². The fourth-order valence-electron chi connectivity index (χ4n) is 1.90. The predicted molar refractivity (Wildman–Crippen MR) is 91.9 cm³/mol. The molecule has 0 radical (unpaired) electrons. The van der Waals surface area contributed by atoms with Crippen molar-refractivity contribution < 1.29 is 19.0 Å². The summed E-state index contributed by atoms with van der Waals surface area (Å²) in [5.41, 5.74) is 0.878. The third-order valence-electron chi connectivity index (χ3n) is 2.99. The van der Waals surface area contributed by atoms with Gasteiger partial charge in [0.05, 0.1) is 19.8 Å². The van der Waals surface area contributed by atoms with Gasteiger partial charge in [-0.3, -0.25) is 4.79 Å². The van der Waals surface area contributed by atoms with Crippen molar-refractivity contribution in [3.8, 4) is 11.5 Å². The lowest BCUT2D eigenvalue weighted by atomic mass is 10.2. The maximum Gasteiger partial charge on any atom is 0.244 e. The molecule has 1 rings (SSSR count). The first-order valence-corrected chi connectivity index (χ1v) is 7.95. The molecule has 0 aromatic heterocycles. The third kappa shape index (κ3) is 7.70. The molecule has 0 atom stereocenters. The van der Waals surface area contributed by atoms with Crippen LogP contribution in [0.2, 0.25) is 0 Å². The number of methoxy groups -OCH3 is 1. The van der Waals surface area contributed by atoms with Crippen LogP contribution in [-0.4, -0.2) is 38.9 Å². The Balaban J connectivity index is 2.45. The van der Waals surface area contributed by atoms with Crippen LogP contribution in [0, 0.1) is 0 Å². The summed E-state index contributed by atoms with van der Waals surface area (Å²) >= 11 is 0. The Morgan fingerprint density at radius 1 is 1.30 bits per heavy atom. The Morgan fingerprint density at radius 3 is 2.74 bits per heavy atom. The second-order valence-electron chi connectivity index (χ2n) is 5.24. The van der Waals surface area contributed by atoms with Crippen LogP contribution in [0.1, 0.15) is 32.8 Å². The molecule has 5 nitrogen and oxygen atoms in total. The molecule has 0 aliphatic heterocycles. The summed E-state index contributed by atoms with van der Waals surface area (Å²) in [6.07, 6.45) is 4.28. The van der Waals surface area contributed by atoms with E-state index in [4.69, 9.17) is 14.2 Å². The Labute approximate surface area is 138 Å². The summed E-state index contributed by atoms with van der Waals surface area (Å²) < 4.78 is 16.2. The van der Waals surface area contributed by atoms with E-state index in [1.54, 1.807) is 13.2 Å². The Kier molecular flexibility index (Phi) is 8.83. The van der Waals surface area contributed by atoms with E-state index in [2.05, 4.69) is 5.32 Å². The average molecular weight is 321 g/mol. The molecular weight excluding hydrogens is 294 g/mol. The van der Waals surface area contributed by atoms with Gasteiger partial charge in [-0.25, -0.2) is 0 Å². The van der Waals surface area contributed by atoms with Crippen molar-refractivity contribution >= 4 is 12.0 Å². The summed E-state index contributed by atoms with van der Waals surface area (Å²) in [7, 11) is 1.59. The van der Waals surface area contributed by atoms with Gasteiger partial charge in [-0.05, 0) is 51.0 Å². The number of carbonyl (C=O) groups excluding carboxylic acids is 1. The molecule has 5 heteroatoms. The van der Waals surface area contributed by atoms with E-state index in [1.807, 2.05) is 39.0 Å². The molecule has 1 aromatic carbocycles. The summed E-state index contributed by atoms with van der Waals surface area (Å²) in [4.78, 5) is 11.7. The highest BCUT2D eigenvalue weighted by molar-refractivity contribution is 5.91. The van der Waals surface area contributed by atoms with Gasteiger partial charge in [0.15, 0.2) is 11.5 Å². The van der Waals surface area contributed by atoms with Crippen LogP contribution < -0.4 is 14.8 Å². The Hall–Kier alpha value is -2.01. The first-order valence-electron chi connectivity index (χ1n) is 7.95. The Bertz CT molecular complexity index is 512. The van der Waals surface area contributed by atoms with Gasteiger partial charge >= 0.3 is 0 Å². The minimum Gasteiger partial charge on any atom is -0.493 e. The highest BCUT2D eigenvalue weighted by Gasteiger charge is 2.04. The van der Waals surface area contributed by atoms with Crippen LogP contribution >= 0.6 is 0 Å². The molecular formula is C18H27NO4. The van der Waals surface area contributed by atoms with Gasteiger partial charge in [0.1, 0.15) is 0 Å². The molecule has 23 heavy (non-hydrogen) atoms. The topological polar surface area (TPSA) is 56.8 Å². The van der Waals surface area contributed by atoms with Crippen molar-refractivity contribution in [3.63, 3.8) is 0 Å². The number of hydrogen-bond donors (Lipinski definition) is 1. The number of ether oxygens (including phenoxy) is 3. The minimum absolute atomic E-state index is 0.123. The fraction of sp³-hybridized carbons (Fsp3) is 0.500. The first kappa shape index (κ1) is 19.0. The number of rotatable bonds is 10. The van der Waals surface area contributed by atoms with E-state index >= 15 is 0 Å². The van der Waals surface area contributed by atoms with Crippen molar-refractivity contribution in [2.75, 3.05) is 26.9 Å². The molecule has 0 saturated carbocycles. The predicted octanol–water partition coefficient (Wildman–Crippen LogP) is 3.04. The third-order valence-corrected chi connectivity index (χ3v) is 2.99. The van der Waals surface area contributed by atoms with E-state index in [0.717, 1.165) is 12.0 Å². The van der Waals surface area contributed by atoms with Crippen LogP contribution in [0.3, 0.4) is 0 Å². The highest BCUT2D eigenvalue weighted by Crippen LogP contribution is 2.28. The van der Waals surface area contributed by atoms with E-state index in [0.29, 0.717) is 31.3 Å². The van der Waals surface area contributed by atoms with Gasteiger partial charge in [0.25, 0.3) is 0 Å². The van der Waals surface area contributed by atoms with Gasteiger partial charge in [0, 0.05) is 19.2 Å². The van der Waals surface area contributed by atoms with Crippen molar-refractivity contribution in [2.24, 2.45) is 0 Å². The summed E-state index contributed by atoms with van der Waals surface area (Å²) in [5, 5.41) is 2.83. The summed E-state index contributed by atoms with van der Waals surface area (Å²) in [6.45, 7) is 7.73. The van der Waals surface area contributed by atoms with Crippen molar-refractivity contribution in [3.05, 3.63) is 29.8 Å². The van der Waals surface area contributed by atoms with E-state index in [1.165, 1.54) is 6.08 Å². The van der Waals surface area contributed by atoms with Gasteiger partial charge in [-0.1, -0.05) is 6.07 Å². The second kappa shape index (κ2) is 10.7. The van der Waals surface area contributed by atoms with Gasteiger partial charge in [-0.15, -0.1) is 0 Å². The molecule has 1 amide bonds.